The van der Waals surface area contributed by atoms with Crippen molar-refractivity contribution < 1.29 is 41.4 Å². The summed E-state index contributed by atoms with van der Waals surface area (Å²) >= 11 is 1.74. The molecule has 0 bridgehead atoms. The molecule has 0 unspecified atom stereocenters. The van der Waals surface area contributed by atoms with E-state index in [4.69, 9.17) is 41.4 Å². The maximum atomic E-state index is 7.75. The van der Waals surface area contributed by atoms with Gasteiger partial charge >= 0.3 is 0 Å². The molecule has 10 atom stereocenters. The molecule has 2 aliphatic heterocycles. The molecule has 2 aromatic carbocycles. The number of hydrogen-bond acceptors (Lipinski definition) is 10. The van der Waals surface area contributed by atoms with Crippen molar-refractivity contribution in [2.75, 3.05) is 12.4 Å². The number of thioether (sulfide) groups is 1. The van der Waals surface area contributed by atoms with Gasteiger partial charge in [0.25, 0.3) is 0 Å². The number of ether oxygens (including phenoxy) is 5. The Kier molecular flexibility index (Phi) is 19.6. The molecule has 2 aliphatic rings. The zero-order chi connectivity index (χ0) is 49.9. The molecule has 0 aliphatic carbocycles. The summed E-state index contributed by atoms with van der Waals surface area (Å²) in [7, 11) is -9.58. The Hall–Kier alpha value is -0.702. The SMILES string of the molecule is CCS[C@@H]1O[C@H](CO[Si](C)(C)C(C)(C)C)[C@@H](O[Si](C)(C)C(C)(C)C)[C@H](O[Si](C)(C)C(C)(C)C)[C@H]1O[C@@H]1O[C@@H](C)[C@H](OCc2ccccc2)[C@@H](O[Si](C)(C)C(C)(C)C)[C@H]1OCc1ccccc1. The van der Waals surface area contributed by atoms with Gasteiger partial charge in [0, 0.05) is 0 Å². The lowest BCUT2D eigenvalue weighted by Crippen LogP contribution is -2.68. The van der Waals surface area contributed by atoms with Crippen LogP contribution in [0.5, 0.6) is 0 Å². The van der Waals surface area contributed by atoms with E-state index in [1.54, 1.807) is 11.8 Å². The fraction of sp³-hybridized carbons (Fsp3) is 0.769. The second-order valence-corrected chi connectivity index (χ2v) is 45.4. The first kappa shape index (κ1) is 57.9. The summed E-state index contributed by atoms with van der Waals surface area (Å²) in [5.41, 5.74) is 1.72. The third-order valence-electron chi connectivity index (χ3n) is 15.6. The fourth-order valence-electron chi connectivity index (χ4n) is 7.10. The predicted molar refractivity (Wildman–Crippen MR) is 285 cm³/mol. The quantitative estimate of drug-likeness (QED) is 0.127. The summed E-state index contributed by atoms with van der Waals surface area (Å²) in [5.74, 6) is 0.809. The first-order valence-corrected chi connectivity index (χ1v) is 37.4. The largest absolute Gasteiger partial charge is 0.414 e. The summed E-state index contributed by atoms with van der Waals surface area (Å²) in [6.07, 6.45) is -4.88. The zero-order valence-corrected chi connectivity index (χ0v) is 50.3. The predicted octanol–water partition coefficient (Wildman–Crippen LogP) is 14.0. The van der Waals surface area contributed by atoms with Gasteiger partial charge < -0.3 is 41.4 Å². The lowest BCUT2D eigenvalue weighted by atomic mass is 9.97. The maximum Gasteiger partial charge on any atom is 0.192 e. The van der Waals surface area contributed by atoms with Gasteiger partial charge in [-0.3, -0.25) is 0 Å². The lowest BCUT2D eigenvalue weighted by Gasteiger charge is -2.55. The molecular weight excluding hydrogens is 913 g/mol. The molecule has 0 aromatic heterocycles. The molecular formula is C52H94O9SSi4. The topological polar surface area (TPSA) is 83.1 Å². The van der Waals surface area contributed by atoms with E-state index >= 15 is 0 Å². The second kappa shape index (κ2) is 22.4. The van der Waals surface area contributed by atoms with Crippen molar-refractivity contribution in [1.29, 1.82) is 0 Å². The average Bonchev–Trinajstić information content (AvgIpc) is 3.17. The van der Waals surface area contributed by atoms with E-state index in [9.17, 15) is 0 Å². The molecule has 14 heteroatoms. The molecule has 0 amide bonds. The van der Waals surface area contributed by atoms with Crippen molar-refractivity contribution >= 4 is 45.0 Å². The molecule has 2 saturated heterocycles. The van der Waals surface area contributed by atoms with Gasteiger partial charge in [-0.2, -0.15) is 0 Å². The highest BCUT2D eigenvalue weighted by Crippen LogP contribution is 2.47. The van der Waals surface area contributed by atoms with Crippen molar-refractivity contribution in [2.24, 2.45) is 0 Å². The number of rotatable bonds is 19. The molecule has 2 fully saturated rings. The minimum absolute atomic E-state index is 0.0210. The fourth-order valence-corrected chi connectivity index (χ4v) is 13.0. The molecule has 0 spiro atoms. The van der Waals surface area contributed by atoms with Gasteiger partial charge in [0.05, 0.1) is 25.9 Å². The van der Waals surface area contributed by atoms with Gasteiger partial charge in [-0.15, -0.1) is 11.8 Å². The van der Waals surface area contributed by atoms with E-state index in [-0.39, 0.29) is 20.2 Å². The smallest absolute Gasteiger partial charge is 0.192 e. The summed E-state index contributed by atoms with van der Waals surface area (Å²) in [4.78, 5) is 0. The third-order valence-corrected chi connectivity index (χ3v) is 34.6. The Bertz CT molecular complexity index is 1770. The minimum Gasteiger partial charge on any atom is -0.414 e. The summed E-state index contributed by atoms with van der Waals surface area (Å²) in [5, 5.41) is -0.239. The van der Waals surface area contributed by atoms with Crippen LogP contribution in [0.2, 0.25) is 72.5 Å². The van der Waals surface area contributed by atoms with E-state index in [0.717, 1.165) is 16.9 Å². The van der Waals surface area contributed by atoms with E-state index < -0.39 is 93.8 Å². The van der Waals surface area contributed by atoms with E-state index in [0.29, 0.717) is 19.8 Å². The standard InChI is InChI=1S/C52H94O9SSi4/c1-23-62-48-46(44(61-66(21,22)52(12,13)14)42(59-64(17,18)50(6,7)8)40(57-48)36-55-63(15,16)49(3,4)5)58-47-45(54-35-39-32-28-25-29-33-39)43(60-65(19,20)51(9,10)11)41(37(2)56-47)53-34-38-30-26-24-27-31-38/h24-33,37,40-48H,23,34-36H2,1-22H3/t37-,40+,41-,42+,43+,44-,45+,46+,47-,48-/m0/s1. The van der Waals surface area contributed by atoms with Crippen molar-refractivity contribution in [3.63, 3.8) is 0 Å². The Morgan fingerprint density at radius 3 is 1.30 bits per heavy atom. The van der Waals surface area contributed by atoms with Gasteiger partial charge in [-0.1, -0.05) is 151 Å². The Balaban J connectivity index is 1.93. The Labute approximate surface area is 411 Å². The third kappa shape index (κ3) is 14.7. The van der Waals surface area contributed by atoms with Crippen LogP contribution in [0, 0.1) is 0 Å². The van der Waals surface area contributed by atoms with Crippen LogP contribution in [-0.2, 0) is 54.6 Å². The first-order valence-electron chi connectivity index (χ1n) is 24.7. The first-order chi connectivity index (χ1) is 30.1. The van der Waals surface area contributed by atoms with Crippen LogP contribution >= 0.6 is 11.8 Å². The molecule has 0 N–H and O–H groups in total. The van der Waals surface area contributed by atoms with Crippen LogP contribution in [0.4, 0.5) is 0 Å². The van der Waals surface area contributed by atoms with Gasteiger partial charge in [-0.25, -0.2) is 0 Å². The molecule has 378 valence electrons. The number of hydrogen-bond donors (Lipinski definition) is 0. The minimum atomic E-state index is -2.50. The molecule has 0 radical (unpaired) electrons. The highest BCUT2D eigenvalue weighted by Gasteiger charge is 2.58. The lowest BCUT2D eigenvalue weighted by molar-refractivity contribution is -0.338. The van der Waals surface area contributed by atoms with Crippen LogP contribution in [0.15, 0.2) is 60.7 Å². The van der Waals surface area contributed by atoms with Crippen molar-refractivity contribution in [3.05, 3.63) is 71.8 Å². The Morgan fingerprint density at radius 2 is 0.894 bits per heavy atom. The van der Waals surface area contributed by atoms with Crippen molar-refractivity contribution in [2.45, 2.75) is 243 Å². The van der Waals surface area contributed by atoms with Crippen molar-refractivity contribution in [3.8, 4) is 0 Å². The van der Waals surface area contributed by atoms with E-state index in [2.05, 4.69) is 174 Å². The summed E-state index contributed by atoms with van der Waals surface area (Å²) in [6, 6.07) is 20.6. The molecule has 2 heterocycles. The van der Waals surface area contributed by atoms with Gasteiger partial charge in [0.15, 0.2) is 39.6 Å². The van der Waals surface area contributed by atoms with Crippen LogP contribution < -0.4 is 0 Å². The normalized spacial score (nSPS) is 27.8. The van der Waals surface area contributed by atoms with Gasteiger partial charge in [0.1, 0.15) is 48.2 Å². The molecule has 0 saturated carbocycles. The summed E-state index contributed by atoms with van der Waals surface area (Å²) in [6.45, 7) is 51.4. The molecule has 66 heavy (non-hydrogen) atoms. The molecule has 9 nitrogen and oxygen atoms in total. The van der Waals surface area contributed by atoms with E-state index in [1.165, 1.54) is 0 Å². The average molecular weight is 1010 g/mol. The van der Waals surface area contributed by atoms with Crippen LogP contribution in [0.1, 0.15) is 108 Å². The zero-order valence-electron chi connectivity index (χ0n) is 45.5. The monoisotopic (exact) mass is 1010 g/mol. The molecule has 4 rings (SSSR count). The highest BCUT2D eigenvalue weighted by atomic mass is 32.2. The molecule has 2 aromatic rings. The van der Waals surface area contributed by atoms with Gasteiger partial charge in [0.2, 0.25) is 0 Å². The Morgan fingerprint density at radius 1 is 0.500 bits per heavy atom. The van der Waals surface area contributed by atoms with Crippen LogP contribution in [-0.4, -0.2) is 106 Å². The number of benzene rings is 2. The van der Waals surface area contributed by atoms with Crippen LogP contribution in [0.3, 0.4) is 0 Å². The highest BCUT2D eigenvalue weighted by molar-refractivity contribution is 7.99. The van der Waals surface area contributed by atoms with Crippen molar-refractivity contribution in [1.82, 2.24) is 0 Å². The van der Waals surface area contributed by atoms with Crippen LogP contribution in [0.25, 0.3) is 0 Å². The van der Waals surface area contributed by atoms with E-state index in [1.807, 2.05) is 36.4 Å². The summed E-state index contributed by atoms with van der Waals surface area (Å²) < 4.78 is 66.2. The second-order valence-electron chi connectivity index (χ2n) is 24.9. The van der Waals surface area contributed by atoms with Gasteiger partial charge in [-0.05, 0) is 96.3 Å². The maximum absolute atomic E-state index is 7.75.